The van der Waals surface area contributed by atoms with E-state index in [1.54, 1.807) is 49.4 Å². The number of anilines is 2. The highest BCUT2D eigenvalue weighted by Crippen LogP contribution is 2.32. The minimum absolute atomic E-state index is 0.0505. The van der Waals surface area contributed by atoms with E-state index in [1.165, 1.54) is 29.2 Å². The zero-order valence-electron chi connectivity index (χ0n) is 40.9. The van der Waals surface area contributed by atoms with E-state index in [0.29, 0.717) is 29.0 Å². The van der Waals surface area contributed by atoms with Crippen LogP contribution >= 0.6 is 0 Å². The SMILES string of the molecule is C/C=C\C(=O)N(C=O)CCC(=O)Nc1cc(COC(=O)NCc2ccc(COc3ccc(NC(=O)NCc4ccc5c(c4)CN(C4CCC(=O)NC4=O)C5=O)cc3)cc2)ccc1OC1CC(O)CC(C(=O)O)O1.CO. The quantitative estimate of drug-likeness (QED) is 0.0356. The topological polar surface area (TPSA) is 318 Å². The van der Waals surface area contributed by atoms with Crippen LogP contribution in [0.15, 0.2) is 97.1 Å². The molecule has 4 unspecified atom stereocenters. The van der Waals surface area contributed by atoms with Gasteiger partial charge in [0.05, 0.1) is 11.8 Å². The lowest BCUT2D eigenvalue weighted by atomic mass is 10.0. The van der Waals surface area contributed by atoms with Crippen molar-refractivity contribution < 1.29 is 77.4 Å². The Morgan fingerprint density at radius 3 is 2.27 bits per heavy atom. The Kier molecular flexibility index (Phi) is 19.9. The monoisotopic (exact) mass is 1040 g/mol. The number of urea groups is 1. The second kappa shape index (κ2) is 26.9. The molecule has 0 aromatic heterocycles. The molecule has 4 atom stereocenters. The Balaban J connectivity index is 0.00000452. The number of carboxylic acids is 1. The molecule has 23 heteroatoms. The van der Waals surface area contributed by atoms with Gasteiger partial charge in [-0.3, -0.25) is 39.0 Å². The van der Waals surface area contributed by atoms with E-state index >= 15 is 0 Å². The lowest BCUT2D eigenvalue weighted by Crippen LogP contribution is -2.52. The summed E-state index contributed by atoms with van der Waals surface area (Å²) >= 11 is 0. The molecule has 23 nitrogen and oxygen atoms in total. The van der Waals surface area contributed by atoms with E-state index in [2.05, 4.69) is 26.6 Å². The Morgan fingerprint density at radius 2 is 1.56 bits per heavy atom. The van der Waals surface area contributed by atoms with Gasteiger partial charge in [0.15, 0.2) is 6.10 Å². The zero-order valence-corrected chi connectivity index (χ0v) is 40.9. The van der Waals surface area contributed by atoms with Crippen LogP contribution in [0.25, 0.3) is 0 Å². The van der Waals surface area contributed by atoms with Crippen LogP contribution in [0.3, 0.4) is 0 Å². The molecule has 0 radical (unpaired) electrons. The number of allylic oxidation sites excluding steroid dienone is 1. The van der Waals surface area contributed by atoms with Crippen molar-refractivity contribution in [2.75, 3.05) is 24.3 Å². The fourth-order valence-corrected chi connectivity index (χ4v) is 8.02. The molecule has 75 heavy (non-hydrogen) atoms. The number of piperidine rings is 1. The number of ether oxygens (including phenoxy) is 4. The van der Waals surface area contributed by atoms with Crippen molar-refractivity contribution in [2.45, 2.75) is 96.4 Å². The molecule has 9 amide bonds. The van der Waals surface area contributed by atoms with Crippen LogP contribution < -0.4 is 36.1 Å². The molecule has 3 aliphatic heterocycles. The van der Waals surface area contributed by atoms with Crippen LogP contribution in [0.4, 0.5) is 21.0 Å². The van der Waals surface area contributed by atoms with Gasteiger partial charge in [0.2, 0.25) is 30.4 Å². The molecule has 3 aliphatic rings. The fraction of sp³-hybridized carbons (Fsp3) is 0.327. The predicted molar refractivity (Wildman–Crippen MR) is 265 cm³/mol. The number of nitrogens with zero attached hydrogens (tertiary/aromatic N) is 2. The highest BCUT2D eigenvalue weighted by Gasteiger charge is 2.39. The lowest BCUT2D eigenvalue weighted by Gasteiger charge is -2.31. The number of hydrogen-bond donors (Lipinski definition) is 8. The van der Waals surface area contributed by atoms with E-state index in [0.717, 1.165) is 34.3 Å². The van der Waals surface area contributed by atoms with Gasteiger partial charge in [0.1, 0.15) is 30.8 Å². The molecule has 2 saturated heterocycles. The molecular formula is C52H57N7O16. The number of amides is 9. The number of aliphatic hydroxyl groups excluding tert-OH is 2. The summed E-state index contributed by atoms with van der Waals surface area (Å²) in [6.07, 6.45) is -1.33. The fourth-order valence-electron chi connectivity index (χ4n) is 8.02. The molecule has 8 N–H and O–H groups in total. The Morgan fingerprint density at radius 1 is 0.853 bits per heavy atom. The Labute approximate surface area is 430 Å². The van der Waals surface area contributed by atoms with E-state index in [4.69, 9.17) is 24.1 Å². The van der Waals surface area contributed by atoms with Gasteiger partial charge in [-0.05, 0) is 89.7 Å². The third kappa shape index (κ3) is 15.9. The minimum atomic E-state index is -1.32. The number of imide groups is 2. The second-order valence-corrected chi connectivity index (χ2v) is 17.2. The van der Waals surface area contributed by atoms with Crippen LogP contribution in [0.2, 0.25) is 0 Å². The van der Waals surface area contributed by atoms with Crippen molar-refractivity contribution in [3.8, 4) is 11.5 Å². The number of benzene rings is 4. The Bertz CT molecular complexity index is 2770. The van der Waals surface area contributed by atoms with Crippen LogP contribution in [-0.2, 0) is 71.1 Å². The number of alkyl carbamates (subject to hydrolysis) is 1. The van der Waals surface area contributed by atoms with Crippen LogP contribution in [0, 0.1) is 0 Å². The van der Waals surface area contributed by atoms with Gasteiger partial charge in [-0.1, -0.05) is 48.5 Å². The first-order chi connectivity index (χ1) is 36.1. The number of carbonyl (C=O) groups excluding carboxylic acids is 8. The third-order valence-electron chi connectivity index (χ3n) is 11.8. The van der Waals surface area contributed by atoms with Crippen molar-refractivity contribution in [1.29, 1.82) is 0 Å². The Hall–Kier alpha value is -8.67. The molecule has 396 valence electrons. The van der Waals surface area contributed by atoms with Gasteiger partial charge < -0.3 is 60.4 Å². The average Bonchev–Trinajstić information content (AvgIpc) is 3.73. The summed E-state index contributed by atoms with van der Waals surface area (Å²) < 4.78 is 22.7. The summed E-state index contributed by atoms with van der Waals surface area (Å²) in [6.45, 7) is 1.93. The maximum absolute atomic E-state index is 13.0. The summed E-state index contributed by atoms with van der Waals surface area (Å²) in [7, 11) is 1.00. The molecule has 0 aliphatic carbocycles. The number of carboxylic acid groups (broad SMARTS) is 1. The molecule has 3 heterocycles. The van der Waals surface area contributed by atoms with Crippen molar-refractivity contribution >= 4 is 65.4 Å². The van der Waals surface area contributed by atoms with Crippen LogP contribution in [0.1, 0.15) is 77.2 Å². The van der Waals surface area contributed by atoms with Gasteiger partial charge in [-0.2, -0.15) is 0 Å². The minimum Gasteiger partial charge on any atom is -0.489 e. The highest BCUT2D eigenvalue weighted by molar-refractivity contribution is 6.05. The smallest absolute Gasteiger partial charge is 0.407 e. The lowest BCUT2D eigenvalue weighted by molar-refractivity contribution is -0.195. The summed E-state index contributed by atoms with van der Waals surface area (Å²) in [5, 5.41) is 39.9. The number of hydrogen-bond acceptors (Lipinski definition) is 15. The summed E-state index contributed by atoms with van der Waals surface area (Å²) in [5.74, 6) is -2.98. The molecule has 2 fully saturated rings. The summed E-state index contributed by atoms with van der Waals surface area (Å²) in [5.41, 5.74) is 4.65. The standard InChI is InChI=1S/C51H53N7O15.CH4O/c1-2-3-45(63)57(29-59)19-18-44(62)55-39-21-33(9-16-41(39)72-46-23-36(60)22-42(73-46)49(66)67)28-71-51(69)53-24-30-4-6-31(7-5-30)27-70-37-12-10-35(11-13-37)54-50(68)52-25-32-8-14-38-34(20-32)26-58(48(38)65)40-15-17-43(61)56-47(40)64;1-2/h2-14,16,20-21,29,36,40,42,46,60H,15,17-19,22-28H2,1H3,(H,53,69)(H,55,62)(H,66,67)(H2,52,54,68)(H,56,61,64);2H,1H3/b3-2-;. The normalized spacial score (nSPS) is 17.8. The van der Waals surface area contributed by atoms with Crippen molar-refractivity contribution in [2.24, 2.45) is 0 Å². The average molecular weight is 1040 g/mol. The maximum Gasteiger partial charge on any atom is 0.407 e. The molecule has 7 rings (SSSR count). The zero-order chi connectivity index (χ0) is 54.0. The first-order valence-electron chi connectivity index (χ1n) is 23.7. The molecule has 4 aromatic carbocycles. The van der Waals surface area contributed by atoms with E-state index in [9.17, 15) is 53.4 Å². The second-order valence-electron chi connectivity index (χ2n) is 17.2. The molecular weight excluding hydrogens is 979 g/mol. The first kappa shape index (κ1) is 55.6. The van der Waals surface area contributed by atoms with Gasteiger partial charge in [-0.25, -0.2) is 14.4 Å². The largest absolute Gasteiger partial charge is 0.489 e. The maximum atomic E-state index is 13.0. The van der Waals surface area contributed by atoms with E-state index in [-0.39, 0.29) is 94.7 Å². The molecule has 0 spiro atoms. The number of carbonyl (C=O) groups is 9. The highest BCUT2D eigenvalue weighted by atomic mass is 16.7. The van der Waals surface area contributed by atoms with Gasteiger partial charge in [0, 0.05) is 70.2 Å². The number of nitrogens with one attached hydrogen (secondary N) is 5. The molecule has 0 saturated carbocycles. The number of aliphatic carboxylic acids is 1. The van der Waals surface area contributed by atoms with E-state index < -0.39 is 60.4 Å². The number of aliphatic hydroxyl groups is 2. The van der Waals surface area contributed by atoms with Crippen LogP contribution in [0.5, 0.6) is 11.5 Å². The first-order valence-corrected chi connectivity index (χ1v) is 23.7. The van der Waals surface area contributed by atoms with Gasteiger partial charge in [-0.15, -0.1) is 0 Å². The van der Waals surface area contributed by atoms with Gasteiger partial charge >= 0.3 is 18.1 Å². The summed E-state index contributed by atoms with van der Waals surface area (Å²) in [4.78, 5) is 113. The summed E-state index contributed by atoms with van der Waals surface area (Å²) in [6, 6.07) is 22.7. The number of rotatable bonds is 20. The number of fused-ring (bicyclic) bond motifs is 1. The van der Waals surface area contributed by atoms with Gasteiger partial charge in [0.25, 0.3) is 11.8 Å². The van der Waals surface area contributed by atoms with Crippen LogP contribution in [-0.4, -0.2) is 117 Å². The molecule has 4 aromatic rings. The third-order valence-corrected chi connectivity index (χ3v) is 11.8. The van der Waals surface area contributed by atoms with Crippen molar-refractivity contribution in [3.63, 3.8) is 0 Å². The predicted octanol–water partition coefficient (Wildman–Crippen LogP) is 3.60. The van der Waals surface area contributed by atoms with Crippen molar-refractivity contribution in [3.05, 3.63) is 130 Å². The molecule has 0 bridgehead atoms. The van der Waals surface area contributed by atoms with E-state index in [1.807, 2.05) is 30.3 Å². The van der Waals surface area contributed by atoms with Crippen molar-refractivity contribution in [1.82, 2.24) is 25.8 Å².